The number of benzene rings is 2. The number of rotatable bonds is 7. The molecule has 1 fully saturated rings. The van der Waals surface area contributed by atoms with Crippen LogP contribution in [-0.2, 0) is 17.0 Å². The Morgan fingerprint density at radius 2 is 2.06 bits per heavy atom. The number of methoxy groups -OCH3 is 1. The second kappa shape index (κ2) is 8.60. The van der Waals surface area contributed by atoms with E-state index in [0.29, 0.717) is 17.5 Å². The molecule has 2 aromatic carbocycles. The first kappa shape index (κ1) is 19.9. The van der Waals surface area contributed by atoms with Crippen LogP contribution in [0.4, 0.5) is 0 Å². The van der Waals surface area contributed by atoms with Crippen LogP contribution < -0.4 is 10.4 Å². The van der Waals surface area contributed by atoms with Crippen LogP contribution in [0.2, 0.25) is 0 Å². The van der Waals surface area contributed by atoms with Gasteiger partial charge in [0.1, 0.15) is 11.6 Å². The monoisotopic (exact) mass is 437 g/mol. The average Bonchev–Trinajstić information content (AvgIpc) is 3.53. The van der Waals surface area contributed by atoms with E-state index in [1.807, 2.05) is 42.5 Å². The Morgan fingerprint density at radius 3 is 2.84 bits per heavy atom. The van der Waals surface area contributed by atoms with Crippen LogP contribution in [0.5, 0.6) is 5.75 Å². The van der Waals surface area contributed by atoms with Crippen LogP contribution in [-0.4, -0.2) is 44.1 Å². The zero-order valence-corrected chi connectivity index (χ0v) is 18.0. The Morgan fingerprint density at radius 1 is 1.23 bits per heavy atom. The van der Waals surface area contributed by atoms with Gasteiger partial charge in [0.15, 0.2) is 5.16 Å². The fourth-order valence-electron chi connectivity index (χ4n) is 3.89. The number of nitrogens with zero attached hydrogens (tertiary/aromatic N) is 4. The number of hydrogen-bond acceptors (Lipinski definition) is 6. The van der Waals surface area contributed by atoms with Crippen LogP contribution in [0.25, 0.3) is 16.7 Å². The number of para-hydroxylation sites is 2. The SMILES string of the molecule is COc1ccc(-n2c(CSc3n[nH]c(=O)n3CC3CCCO3)nc3ccccc32)cc1. The van der Waals surface area contributed by atoms with Gasteiger partial charge in [0.2, 0.25) is 0 Å². The lowest BCUT2D eigenvalue weighted by molar-refractivity contribution is 0.0941. The van der Waals surface area contributed by atoms with E-state index in [2.05, 4.69) is 20.8 Å². The van der Waals surface area contributed by atoms with Gasteiger partial charge in [0.25, 0.3) is 0 Å². The molecule has 0 spiro atoms. The molecule has 3 heterocycles. The fraction of sp³-hybridized carbons (Fsp3) is 0.318. The molecular formula is C22H23N5O3S. The number of fused-ring (bicyclic) bond motifs is 1. The van der Waals surface area contributed by atoms with Crippen molar-refractivity contribution in [2.75, 3.05) is 13.7 Å². The van der Waals surface area contributed by atoms with Gasteiger partial charge in [0.05, 0.1) is 36.5 Å². The van der Waals surface area contributed by atoms with Crippen LogP contribution in [0.1, 0.15) is 18.7 Å². The lowest BCUT2D eigenvalue weighted by Gasteiger charge is -2.12. The molecule has 31 heavy (non-hydrogen) atoms. The molecule has 0 bridgehead atoms. The van der Waals surface area contributed by atoms with Gasteiger partial charge >= 0.3 is 5.69 Å². The first-order valence-electron chi connectivity index (χ1n) is 10.2. The largest absolute Gasteiger partial charge is 0.497 e. The lowest BCUT2D eigenvalue weighted by Crippen LogP contribution is -2.25. The van der Waals surface area contributed by atoms with Crippen molar-refractivity contribution in [2.45, 2.75) is 36.4 Å². The highest BCUT2D eigenvalue weighted by atomic mass is 32.2. The molecule has 0 saturated carbocycles. The number of ether oxygens (including phenoxy) is 2. The van der Waals surface area contributed by atoms with Gasteiger partial charge in [-0.1, -0.05) is 23.9 Å². The maximum Gasteiger partial charge on any atom is 0.344 e. The quantitative estimate of drug-likeness (QED) is 0.446. The molecular weight excluding hydrogens is 414 g/mol. The first-order chi connectivity index (χ1) is 15.2. The van der Waals surface area contributed by atoms with E-state index in [-0.39, 0.29) is 11.8 Å². The van der Waals surface area contributed by atoms with Crippen molar-refractivity contribution in [3.8, 4) is 11.4 Å². The molecule has 8 nitrogen and oxygen atoms in total. The predicted octanol–water partition coefficient (Wildman–Crippen LogP) is 3.39. The summed E-state index contributed by atoms with van der Waals surface area (Å²) >= 11 is 1.49. The first-order valence-corrected chi connectivity index (χ1v) is 11.2. The van der Waals surface area contributed by atoms with Gasteiger partial charge in [-0.05, 0) is 49.2 Å². The molecule has 4 aromatic rings. The van der Waals surface area contributed by atoms with Crippen molar-refractivity contribution in [2.24, 2.45) is 0 Å². The minimum atomic E-state index is -0.207. The highest BCUT2D eigenvalue weighted by molar-refractivity contribution is 7.98. The molecule has 1 atom stereocenters. The van der Waals surface area contributed by atoms with Crippen LogP contribution >= 0.6 is 11.8 Å². The summed E-state index contributed by atoms with van der Waals surface area (Å²) in [7, 11) is 1.66. The van der Waals surface area contributed by atoms with Crippen molar-refractivity contribution in [3.05, 3.63) is 64.8 Å². The number of H-pyrrole nitrogens is 1. The molecule has 0 radical (unpaired) electrons. The van der Waals surface area contributed by atoms with E-state index in [1.165, 1.54) is 11.8 Å². The maximum absolute atomic E-state index is 12.3. The summed E-state index contributed by atoms with van der Waals surface area (Å²) in [5, 5.41) is 7.45. The van der Waals surface area contributed by atoms with Crippen LogP contribution in [0.15, 0.2) is 58.5 Å². The number of nitrogens with one attached hydrogen (secondary N) is 1. The third-order valence-corrected chi connectivity index (χ3v) is 6.40. The number of hydrogen-bond donors (Lipinski definition) is 1. The summed E-state index contributed by atoms with van der Waals surface area (Å²) in [6.45, 7) is 1.28. The smallest absolute Gasteiger partial charge is 0.344 e. The molecule has 160 valence electrons. The minimum absolute atomic E-state index is 0.0681. The van der Waals surface area contributed by atoms with Crippen LogP contribution in [0, 0.1) is 0 Å². The molecule has 1 N–H and O–H groups in total. The Balaban J connectivity index is 1.45. The second-order valence-corrected chi connectivity index (χ2v) is 8.34. The molecule has 0 amide bonds. The summed E-state index contributed by atoms with van der Waals surface area (Å²) < 4.78 is 14.8. The van der Waals surface area contributed by atoms with Crippen molar-refractivity contribution < 1.29 is 9.47 Å². The highest BCUT2D eigenvalue weighted by Gasteiger charge is 2.20. The highest BCUT2D eigenvalue weighted by Crippen LogP contribution is 2.28. The zero-order valence-electron chi connectivity index (χ0n) is 17.2. The predicted molar refractivity (Wildman–Crippen MR) is 119 cm³/mol. The van der Waals surface area contributed by atoms with E-state index in [9.17, 15) is 4.79 Å². The maximum atomic E-state index is 12.3. The van der Waals surface area contributed by atoms with E-state index in [4.69, 9.17) is 14.5 Å². The molecule has 1 saturated heterocycles. The minimum Gasteiger partial charge on any atom is -0.497 e. The average molecular weight is 438 g/mol. The summed E-state index contributed by atoms with van der Waals surface area (Å²) in [5.74, 6) is 2.26. The fourth-order valence-corrected chi connectivity index (χ4v) is 4.76. The van der Waals surface area contributed by atoms with Gasteiger partial charge in [-0.2, -0.15) is 0 Å². The van der Waals surface area contributed by atoms with Gasteiger partial charge in [-0.25, -0.2) is 14.9 Å². The van der Waals surface area contributed by atoms with E-state index in [1.54, 1.807) is 11.7 Å². The standard InChI is InChI=1S/C22H23N5O3S/c1-29-16-10-8-15(9-11-16)27-19-7-3-2-6-18(19)23-20(27)14-31-22-25-24-21(28)26(22)13-17-5-4-12-30-17/h2-3,6-11,17H,4-5,12-14H2,1H3,(H,24,28). The van der Waals surface area contributed by atoms with Gasteiger partial charge in [-0.15, -0.1) is 5.10 Å². The summed E-state index contributed by atoms with van der Waals surface area (Å²) in [5.41, 5.74) is 2.75. The van der Waals surface area contributed by atoms with Crippen molar-refractivity contribution in [3.63, 3.8) is 0 Å². The summed E-state index contributed by atoms with van der Waals surface area (Å²) in [6, 6.07) is 16.0. The van der Waals surface area contributed by atoms with Crippen molar-refractivity contribution >= 4 is 22.8 Å². The Bertz CT molecular complexity index is 1240. The van der Waals surface area contributed by atoms with Gasteiger partial charge in [0, 0.05) is 12.3 Å². The third-order valence-electron chi connectivity index (χ3n) is 5.42. The van der Waals surface area contributed by atoms with Gasteiger partial charge < -0.3 is 9.47 Å². The molecule has 2 aromatic heterocycles. The third kappa shape index (κ3) is 3.98. The second-order valence-electron chi connectivity index (χ2n) is 7.40. The van der Waals surface area contributed by atoms with E-state index in [0.717, 1.165) is 47.7 Å². The number of aromatic amines is 1. The Kier molecular flexibility index (Phi) is 5.52. The molecule has 0 aliphatic carbocycles. The van der Waals surface area contributed by atoms with E-state index >= 15 is 0 Å². The van der Waals surface area contributed by atoms with Crippen LogP contribution in [0.3, 0.4) is 0 Å². The topological polar surface area (TPSA) is 87.0 Å². The molecule has 5 rings (SSSR count). The number of imidazole rings is 1. The van der Waals surface area contributed by atoms with Crippen molar-refractivity contribution in [1.29, 1.82) is 0 Å². The van der Waals surface area contributed by atoms with E-state index < -0.39 is 0 Å². The van der Waals surface area contributed by atoms with Gasteiger partial charge in [-0.3, -0.25) is 9.13 Å². The number of aromatic nitrogens is 5. The molecule has 1 unspecified atom stereocenters. The molecule has 1 aliphatic heterocycles. The zero-order chi connectivity index (χ0) is 21.2. The summed E-state index contributed by atoms with van der Waals surface area (Å²) in [6.07, 6.45) is 2.07. The van der Waals surface area contributed by atoms with Crippen molar-refractivity contribution in [1.82, 2.24) is 24.3 Å². The number of thioether (sulfide) groups is 1. The summed E-state index contributed by atoms with van der Waals surface area (Å²) in [4.78, 5) is 17.1. The molecule has 9 heteroatoms. The Hall–Kier alpha value is -3.04. The lowest BCUT2D eigenvalue weighted by atomic mass is 10.2. The molecule has 1 aliphatic rings. The Labute approximate surface area is 183 Å². The normalized spacial score (nSPS) is 16.2.